The van der Waals surface area contributed by atoms with Gasteiger partial charge < -0.3 is 5.32 Å². The molecule has 3 rings (SSSR count). The number of Topliss-reactive ketones (excluding diaryl/α,β-unsaturated/α-hetero) is 2. The normalized spacial score (nSPS) is 14.9. The van der Waals surface area contributed by atoms with E-state index in [4.69, 9.17) is 12.2 Å². The van der Waals surface area contributed by atoms with Crippen LogP contribution in [0.1, 0.15) is 78.0 Å². The number of carbonyl (C=O) groups is 2. The SMILES string of the molecule is C#CC.C=CCCC.CC(=O)CSC(C)=S.CNC1CCC(C(C)=O)CC1.Cc1cc(-c2ccc(F)c(F)c2)cs1. The van der Waals surface area contributed by atoms with E-state index in [1.54, 1.807) is 38.2 Å². The third-order valence-electron chi connectivity index (χ3n) is 5.67. The third kappa shape index (κ3) is 22.1. The first-order valence-electron chi connectivity index (χ1n) is 13.7. The molecule has 228 valence electrons. The smallest absolute Gasteiger partial charge is 0.159 e. The Balaban J connectivity index is 0. The fourth-order valence-corrected chi connectivity index (χ4v) is 4.76. The number of ketones is 2. The molecule has 1 aromatic carbocycles. The molecule has 1 aliphatic carbocycles. The number of hydrogen-bond acceptors (Lipinski definition) is 6. The van der Waals surface area contributed by atoms with Gasteiger partial charge in [-0.15, -0.1) is 42.0 Å². The average Bonchev–Trinajstić information content (AvgIpc) is 3.37. The van der Waals surface area contributed by atoms with Gasteiger partial charge in [0, 0.05) is 21.0 Å². The quantitative estimate of drug-likeness (QED) is 0.189. The van der Waals surface area contributed by atoms with Crippen molar-refractivity contribution in [2.24, 2.45) is 5.92 Å². The van der Waals surface area contributed by atoms with Crippen LogP contribution in [0.4, 0.5) is 8.78 Å². The van der Waals surface area contributed by atoms with Crippen molar-refractivity contribution in [1.29, 1.82) is 0 Å². The highest BCUT2D eigenvalue weighted by molar-refractivity contribution is 8.23. The number of carbonyl (C=O) groups excluding carboxylic acids is 2. The number of terminal acetylenes is 1. The third-order valence-corrected chi connectivity index (χ3v) is 7.84. The largest absolute Gasteiger partial charge is 0.317 e. The minimum Gasteiger partial charge on any atom is -0.317 e. The van der Waals surface area contributed by atoms with Gasteiger partial charge in [0.15, 0.2) is 11.6 Å². The van der Waals surface area contributed by atoms with Gasteiger partial charge in [-0.1, -0.05) is 37.7 Å². The number of benzene rings is 1. The van der Waals surface area contributed by atoms with Gasteiger partial charge in [0.25, 0.3) is 0 Å². The summed E-state index contributed by atoms with van der Waals surface area (Å²) in [4.78, 5) is 22.4. The molecule has 0 atom stereocenters. The first-order valence-corrected chi connectivity index (χ1v) is 15.9. The number of thiocarbonyl (C=S) groups is 1. The van der Waals surface area contributed by atoms with Crippen LogP contribution < -0.4 is 5.32 Å². The number of rotatable bonds is 7. The van der Waals surface area contributed by atoms with Crippen LogP contribution in [0.15, 0.2) is 42.3 Å². The second kappa shape index (κ2) is 25.5. The number of aryl methyl sites for hydroxylation is 1. The topological polar surface area (TPSA) is 46.2 Å². The molecule has 1 aliphatic rings. The molecule has 1 saturated carbocycles. The van der Waals surface area contributed by atoms with Gasteiger partial charge in [-0.25, -0.2) is 8.78 Å². The molecule has 1 aromatic heterocycles. The van der Waals surface area contributed by atoms with E-state index in [0.717, 1.165) is 40.0 Å². The molecule has 8 heteroatoms. The molecule has 3 nitrogen and oxygen atoms in total. The second-order valence-electron chi connectivity index (χ2n) is 9.37. The van der Waals surface area contributed by atoms with E-state index >= 15 is 0 Å². The number of unbranched alkanes of at least 4 members (excludes halogenated alkanes) is 1. The summed E-state index contributed by atoms with van der Waals surface area (Å²) < 4.78 is 26.4. The van der Waals surface area contributed by atoms with E-state index in [0.29, 0.717) is 29.1 Å². The zero-order valence-electron chi connectivity index (χ0n) is 25.7. The fraction of sp³-hybridized carbons (Fsp3) is 0.485. The molecule has 0 unspecified atom stereocenters. The van der Waals surface area contributed by atoms with Gasteiger partial charge in [-0.05, 0) is 108 Å². The standard InChI is InChI=1S/C11H8F2S.C9H17NO.C5H8OS2.C5H10.C3H4/c1-7-4-9(6-14-7)8-2-3-10(12)11(13)5-8;1-7(11)8-3-5-9(10-2)6-4-8;1-4(6)3-8-5(2)7;1-3-5-4-2;1-3-2/h2-6H,1H3;8-10H,3-6H2,1-2H3;3H2,1-2H3;3H,1,4-5H2,2H3;1H,2H3. The zero-order valence-corrected chi connectivity index (χ0v) is 28.1. The highest BCUT2D eigenvalue weighted by Crippen LogP contribution is 2.26. The monoisotopic (exact) mass is 623 g/mol. The minimum absolute atomic E-state index is 0.180. The van der Waals surface area contributed by atoms with Gasteiger partial charge in [0.05, 0.1) is 5.75 Å². The number of thioether (sulfide) groups is 1. The number of allylic oxidation sites excluding steroid dienone is 1. The maximum Gasteiger partial charge on any atom is 0.159 e. The van der Waals surface area contributed by atoms with Crippen LogP contribution in [0, 0.1) is 36.8 Å². The lowest BCUT2D eigenvalue weighted by Crippen LogP contribution is -2.31. The van der Waals surface area contributed by atoms with Crippen LogP contribution >= 0.6 is 35.3 Å². The summed E-state index contributed by atoms with van der Waals surface area (Å²) in [7, 11) is 2.00. The Labute approximate surface area is 261 Å². The van der Waals surface area contributed by atoms with Crippen molar-refractivity contribution in [1.82, 2.24) is 5.32 Å². The van der Waals surface area contributed by atoms with E-state index in [-0.39, 0.29) is 5.78 Å². The second-order valence-corrected chi connectivity index (χ2v) is 12.5. The molecule has 1 heterocycles. The zero-order chi connectivity index (χ0) is 31.8. The Morgan fingerprint density at radius 1 is 1.15 bits per heavy atom. The van der Waals surface area contributed by atoms with Crippen LogP contribution in [-0.4, -0.2) is 34.6 Å². The maximum absolute atomic E-state index is 12.9. The van der Waals surface area contributed by atoms with E-state index in [1.165, 1.54) is 37.1 Å². The maximum atomic E-state index is 12.9. The number of nitrogens with one attached hydrogen (secondary N) is 1. The molecule has 1 N–H and O–H groups in total. The predicted octanol–water partition coefficient (Wildman–Crippen LogP) is 9.62. The van der Waals surface area contributed by atoms with Crippen LogP contribution in [0.2, 0.25) is 0 Å². The van der Waals surface area contributed by atoms with Crippen molar-refractivity contribution >= 4 is 51.1 Å². The molecule has 0 aliphatic heterocycles. The number of thiophene rings is 1. The number of halogens is 2. The molecule has 0 amide bonds. The first-order chi connectivity index (χ1) is 19.4. The van der Waals surface area contributed by atoms with E-state index in [2.05, 4.69) is 31.2 Å². The van der Waals surface area contributed by atoms with Crippen LogP contribution in [0.25, 0.3) is 11.1 Å². The lowest BCUT2D eigenvalue weighted by molar-refractivity contribution is -0.121. The highest BCUT2D eigenvalue weighted by Gasteiger charge is 2.22. The summed E-state index contributed by atoms with van der Waals surface area (Å²) in [6, 6.07) is 6.57. The minimum atomic E-state index is -0.805. The summed E-state index contributed by atoms with van der Waals surface area (Å²) in [6.07, 6.45) is 13.4. The molecule has 0 spiro atoms. The Morgan fingerprint density at radius 3 is 2.05 bits per heavy atom. The Hall–Kier alpha value is -2.18. The van der Waals surface area contributed by atoms with Gasteiger partial charge in [-0.2, -0.15) is 0 Å². The molecule has 0 saturated heterocycles. The van der Waals surface area contributed by atoms with Crippen molar-refractivity contribution in [3.05, 3.63) is 58.8 Å². The van der Waals surface area contributed by atoms with Crippen molar-refractivity contribution in [3.8, 4) is 23.5 Å². The molecule has 41 heavy (non-hydrogen) atoms. The number of hydrogen-bond donors (Lipinski definition) is 1. The summed E-state index contributed by atoms with van der Waals surface area (Å²) in [5.41, 5.74) is 1.65. The van der Waals surface area contributed by atoms with Crippen molar-refractivity contribution < 1.29 is 18.4 Å². The van der Waals surface area contributed by atoms with Gasteiger partial charge in [0.1, 0.15) is 11.6 Å². The summed E-state index contributed by atoms with van der Waals surface area (Å²) in [5, 5.41) is 5.18. The summed E-state index contributed by atoms with van der Waals surface area (Å²) in [6.45, 7) is 14.4. The predicted molar refractivity (Wildman–Crippen MR) is 181 cm³/mol. The van der Waals surface area contributed by atoms with Crippen molar-refractivity contribution in [2.75, 3.05) is 12.8 Å². The average molecular weight is 624 g/mol. The Bertz CT molecular complexity index is 1070. The summed E-state index contributed by atoms with van der Waals surface area (Å²) >= 11 is 7.74. The Morgan fingerprint density at radius 2 is 1.73 bits per heavy atom. The van der Waals surface area contributed by atoms with Gasteiger partial charge in [-0.3, -0.25) is 9.59 Å². The lowest BCUT2D eigenvalue weighted by Gasteiger charge is -2.26. The van der Waals surface area contributed by atoms with Crippen molar-refractivity contribution in [2.45, 2.75) is 86.1 Å². The molecule has 0 radical (unpaired) electrons. The van der Waals surface area contributed by atoms with E-state index < -0.39 is 11.6 Å². The first kappa shape index (κ1) is 41.0. The molecular weight excluding hydrogens is 577 g/mol. The molecule has 0 bridgehead atoms. The van der Waals surface area contributed by atoms with Crippen LogP contribution in [-0.2, 0) is 9.59 Å². The van der Waals surface area contributed by atoms with E-state index in [9.17, 15) is 18.4 Å². The van der Waals surface area contributed by atoms with Gasteiger partial charge in [0.2, 0.25) is 0 Å². The van der Waals surface area contributed by atoms with Gasteiger partial charge >= 0.3 is 0 Å². The van der Waals surface area contributed by atoms with E-state index in [1.807, 2.05) is 38.4 Å². The highest BCUT2D eigenvalue weighted by atomic mass is 32.2. The summed E-state index contributed by atoms with van der Waals surface area (Å²) in [5.74, 6) is 2.08. The van der Waals surface area contributed by atoms with Crippen LogP contribution in [0.5, 0.6) is 0 Å². The van der Waals surface area contributed by atoms with Crippen molar-refractivity contribution in [3.63, 3.8) is 0 Å². The lowest BCUT2D eigenvalue weighted by atomic mass is 9.84. The van der Waals surface area contributed by atoms with Crippen LogP contribution in [0.3, 0.4) is 0 Å². The molecule has 1 fully saturated rings. The Kier molecular flexibility index (Phi) is 25.5. The fourth-order valence-electron chi connectivity index (χ4n) is 3.47. The molecular formula is C33H47F2NO2S3. The molecule has 2 aromatic rings.